The van der Waals surface area contributed by atoms with Crippen molar-refractivity contribution in [1.29, 1.82) is 0 Å². The van der Waals surface area contributed by atoms with Crippen molar-refractivity contribution in [2.24, 2.45) is 0 Å². The number of hydrogen-bond donors (Lipinski definition) is 2. The molecular formula is C11H8ClNO3. The number of carbonyl (C=O) groups excluding carboxylic acids is 1. The monoisotopic (exact) mass is 237 g/mol. The molecule has 16 heavy (non-hydrogen) atoms. The first kappa shape index (κ1) is 10.6. The molecule has 2 aromatic rings. The van der Waals surface area contributed by atoms with Crippen LogP contribution in [0.25, 0.3) is 0 Å². The van der Waals surface area contributed by atoms with E-state index < -0.39 is 5.78 Å². The van der Waals surface area contributed by atoms with Gasteiger partial charge in [-0.05, 0) is 35.9 Å². The fourth-order valence-corrected chi connectivity index (χ4v) is 1.47. The molecule has 1 heterocycles. The largest absolute Gasteiger partial charge is 0.506 e. The Balaban J connectivity index is 2.45. The lowest BCUT2D eigenvalue weighted by molar-refractivity contribution is 0.101. The molecule has 0 aliphatic carbocycles. The van der Waals surface area contributed by atoms with Crippen LogP contribution in [0.15, 0.2) is 34.7 Å². The number of phenolic OH excluding ortho intramolecular Hbond substituents is 1. The molecule has 0 unspecified atom stereocenters. The van der Waals surface area contributed by atoms with Crippen molar-refractivity contribution in [3.8, 4) is 5.75 Å². The average Bonchev–Trinajstić information content (AvgIpc) is 2.68. The lowest BCUT2D eigenvalue weighted by Gasteiger charge is -2.04. The molecule has 0 aliphatic rings. The van der Waals surface area contributed by atoms with Crippen molar-refractivity contribution >= 4 is 23.1 Å². The molecule has 2 rings (SSSR count). The van der Waals surface area contributed by atoms with Gasteiger partial charge in [0.2, 0.25) is 5.78 Å². The number of carbonyl (C=O) groups is 1. The maximum atomic E-state index is 11.9. The highest BCUT2D eigenvalue weighted by Gasteiger charge is 2.17. The van der Waals surface area contributed by atoms with E-state index in [1.807, 2.05) is 0 Å². The molecule has 0 fully saturated rings. The highest BCUT2D eigenvalue weighted by Crippen LogP contribution is 2.26. The highest BCUT2D eigenvalue weighted by atomic mass is 35.5. The third kappa shape index (κ3) is 1.75. The van der Waals surface area contributed by atoms with Gasteiger partial charge >= 0.3 is 0 Å². The number of hydrogen-bond acceptors (Lipinski definition) is 4. The second-order valence-corrected chi connectivity index (χ2v) is 3.54. The molecule has 1 aromatic carbocycles. The van der Waals surface area contributed by atoms with E-state index in [2.05, 4.69) is 0 Å². The second kappa shape index (κ2) is 3.90. The fraction of sp³-hybridized carbons (Fsp3) is 0. The van der Waals surface area contributed by atoms with Gasteiger partial charge in [-0.25, -0.2) is 0 Å². The number of ketones is 1. The van der Waals surface area contributed by atoms with Crippen LogP contribution in [0.4, 0.5) is 5.69 Å². The maximum Gasteiger partial charge on any atom is 0.230 e. The van der Waals surface area contributed by atoms with Gasteiger partial charge in [-0.2, -0.15) is 0 Å². The summed E-state index contributed by atoms with van der Waals surface area (Å²) >= 11 is 5.56. The summed E-state index contributed by atoms with van der Waals surface area (Å²) in [4.78, 5) is 11.9. The van der Waals surface area contributed by atoms with Crippen LogP contribution in [0.2, 0.25) is 5.22 Å². The number of nitrogen functional groups attached to an aromatic ring is 1. The van der Waals surface area contributed by atoms with Crippen molar-refractivity contribution in [1.82, 2.24) is 0 Å². The van der Waals surface area contributed by atoms with Crippen LogP contribution >= 0.6 is 11.6 Å². The Labute approximate surface area is 96.2 Å². The summed E-state index contributed by atoms with van der Waals surface area (Å²) in [6, 6.07) is 7.36. The summed E-state index contributed by atoms with van der Waals surface area (Å²) in [6.07, 6.45) is 0. The Bertz CT molecular complexity index is 548. The summed E-state index contributed by atoms with van der Waals surface area (Å²) in [5.74, 6) is -0.467. The minimum Gasteiger partial charge on any atom is -0.506 e. The van der Waals surface area contributed by atoms with Gasteiger partial charge in [-0.3, -0.25) is 4.79 Å². The molecule has 0 bridgehead atoms. The lowest BCUT2D eigenvalue weighted by atomic mass is 10.1. The van der Waals surface area contributed by atoms with Gasteiger partial charge in [0, 0.05) is 0 Å². The van der Waals surface area contributed by atoms with Gasteiger partial charge in [0.15, 0.2) is 11.0 Å². The molecule has 0 amide bonds. The SMILES string of the molecule is Nc1c(O)cccc1C(=O)c1ccc(Cl)o1. The van der Waals surface area contributed by atoms with Crippen LogP contribution in [0.1, 0.15) is 16.1 Å². The molecule has 0 aliphatic heterocycles. The number of rotatable bonds is 2. The first-order chi connectivity index (χ1) is 7.59. The zero-order chi connectivity index (χ0) is 11.7. The Morgan fingerprint density at radius 1 is 1.31 bits per heavy atom. The zero-order valence-electron chi connectivity index (χ0n) is 8.11. The summed E-state index contributed by atoms with van der Waals surface area (Å²) in [7, 11) is 0. The molecule has 3 N–H and O–H groups in total. The van der Waals surface area contributed by atoms with E-state index in [9.17, 15) is 9.90 Å². The molecule has 4 nitrogen and oxygen atoms in total. The van der Waals surface area contributed by atoms with Gasteiger partial charge in [-0.1, -0.05) is 6.07 Å². The third-order valence-corrected chi connectivity index (χ3v) is 2.33. The van der Waals surface area contributed by atoms with E-state index in [-0.39, 0.29) is 28.0 Å². The van der Waals surface area contributed by atoms with E-state index in [1.54, 1.807) is 0 Å². The fourth-order valence-electron chi connectivity index (χ4n) is 1.32. The van der Waals surface area contributed by atoms with Crippen LogP contribution in [-0.4, -0.2) is 10.9 Å². The minimum atomic E-state index is -0.416. The zero-order valence-corrected chi connectivity index (χ0v) is 8.86. The van der Waals surface area contributed by atoms with Crippen molar-refractivity contribution in [3.63, 3.8) is 0 Å². The number of halogens is 1. The van der Waals surface area contributed by atoms with Gasteiger partial charge in [0.25, 0.3) is 0 Å². The normalized spacial score (nSPS) is 10.3. The van der Waals surface area contributed by atoms with E-state index in [4.69, 9.17) is 21.8 Å². The predicted octanol–water partition coefficient (Wildman–Crippen LogP) is 2.45. The number of aromatic hydroxyl groups is 1. The predicted molar refractivity (Wildman–Crippen MR) is 59.7 cm³/mol. The summed E-state index contributed by atoms with van der Waals surface area (Å²) < 4.78 is 4.97. The molecule has 0 spiro atoms. The second-order valence-electron chi connectivity index (χ2n) is 3.17. The van der Waals surface area contributed by atoms with Crippen LogP contribution in [0.3, 0.4) is 0 Å². The topological polar surface area (TPSA) is 76.5 Å². The quantitative estimate of drug-likeness (QED) is 0.478. The smallest absolute Gasteiger partial charge is 0.230 e. The summed E-state index contributed by atoms with van der Waals surface area (Å²) in [5, 5.41) is 9.49. The number of benzene rings is 1. The van der Waals surface area contributed by atoms with Crippen molar-refractivity contribution < 1.29 is 14.3 Å². The van der Waals surface area contributed by atoms with Crippen molar-refractivity contribution in [2.45, 2.75) is 0 Å². The van der Waals surface area contributed by atoms with E-state index in [1.165, 1.54) is 30.3 Å². The Kier molecular flexibility index (Phi) is 2.58. The van der Waals surface area contributed by atoms with Crippen LogP contribution in [-0.2, 0) is 0 Å². The van der Waals surface area contributed by atoms with E-state index in [0.29, 0.717) is 0 Å². The average molecular weight is 238 g/mol. The Morgan fingerprint density at radius 3 is 2.69 bits per heavy atom. The summed E-state index contributed by atoms with van der Waals surface area (Å²) in [6.45, 7) is 0. The molecule has 0 radical (unpaired) electrons. The Morgan fingerprint density at radius 2 is 2.06 bits per heavy atom. The van der Waals surface area contributed by atoms with E-state index in [0.717, 1.165) is 0 Å². The van der Waals surface area contributed by atoms with Crippen LogP contribution in [0.5, 0.6) is 5.75 Å². The Hall–Kier alpha value is -1.94. The molecule has 0 saturated heterocycles. The maximum absolute atomic E-state index is 11.9. The number of anilines is 1. The van der Waals surface area contributed by atoms with Crippen molar-refractivity contribution in [3.05, 3.63) is 46.9 Å². The van der Waals surface area contributed by atoms with Crippen molar-refractivity contribution in [2.75, 3.05) is 5.73 Å². The molecular weight excluding hydrogens is 230 g/mol. The summed E-state index contributed by atoms with van der Waals surface area (Å²) in [5.41, 5.74) is 5.80. The first-order valence-electron chi connectivity index (χ1n) is 4.47. The van der Waals surface area contributed by atoms with Gasteiger partial charge in [0.1, 0.15) is 5.75 Å². The number of nitrogens with two attached hydrogens (primary N) is 1. The molecule has 1 aromatic heterocycles. The van der Waals surface area contributed by atoms with Crippen LogP contribution in [0, 0.1) is 0 Å². The standard InChI is InChI=1S/C11H8ClNO3/c12-9-5-4-8(16-9)11(15)6-2-1-3-7(14)10(6)13/h1-5,14H,13H2. The molecule has 0 atom stereocenters. The van der Waals surface area contributed by atoms with Gasteiger partial charge in [-0.15, -0.1) is 0 Å². The number of para-hydroxylation sites is 1. The van der Waals surface area contributed by atoms with Gasteiger partial charge in [0.05, 0.1) is 11.3 Å². The molecule has 0 saturated carbocycles. The number of phenols is 1. The third-order valence-electron chi connectivity index (χ3n) is 2.12. The minimum absolute atomic E-state index is 0.0278. The van der Waals surface area contributed by atoms with E-state index >= 15 is 0 Å². The van der Waals surface area contributed by atoms with Crippen LogP contribution < -0.4 is 5.73 Å². The number of furan rings is 1. The van der Waals surface area contributed by atoms with Gasteiger partial charge < -0.3 is 15.3 Å². The first-order valence-corrected chi connectivity index (χ1v) is 4.85. The lowest BCUT2D eigenvalue weighted by Crippen LogP contribution is -2.04. The highest BCUT2D eigenvalue weighted by molar-refractivity contribution is 6.29. The molecule has 82 valence electrons. The molecule has 5 heteroatoms.